The van der Waals surface area contributed by atoms with Crippen molar-refractivity contribution < 1.29 is 14.3 Å². The maximum absolute atomic E-state index is 12.4. The van der Waals surface area contributed by atoms with Gasteiger partial charge in [-0.2, -0.15) is 0 Å². The summed E-state index contributed by atoms with van der Waals surface area (Å²) in [5.74, 6) is 1.18. The minimum atomic E-state index is -0.0315. The van der Waals surface area contributed by atoms with E-state index in [4.69, 9.17) is 9.47 Å². The third-order valence-corrected chi connectivity index (χ3v) is 4.83. The average molecular weight is 341 g/mol. The molecule has 0 saturated heterocycles. The first-order chi connectivity index (χ1) is 9.05. The molecule has 2 rings (SSSR count). The van der Waals surface area contributed by atoms with Crippen LogP contribution in [0.4, 0.5) is 0 Å². The SMILES string of the molecule is COc1cc(OC)cc(C(=O)c2cc(Br)c(C)s2)c1. The molecule has 100 valence electrons. The zero-order valence-electron chi connectivity index (χ0n) is 10.8. The number of carbonyl (C=O) groups excluding carboxylic acids is 1. The molecular formula is C14H13BrO3S. The predicted molar refractivity (Wildman–Crippen MR) is 79.7 cm³/mol. The van der Waals surface area contributed by atoms with Crippen LogP contribution in [0, 0.1) is 6.92 Å². The molecule has 0 fully saturated rings. The Kier molecular flexibility index (Phi) is 4.27. The zero-order valence-corrected chi connectivity index (χ0v) is 13.2. The van der Waals surface area contributed by atoms with Gasteiger partial charge in [-0.15, -0.1) is 11.3 Å². The summed E-state index contributed by atoms with van der Waals surface area (Å²) in [6.07, 6.45) is 0. The lowest BCUT2D eigenvalue weighted by molar-refractivity contribution is 0.104. The summed E-state index contributed by atoms with van der Waals surface area (Å²) in [5, 5.41) is 0. The quantitative estimate of drug-likeness (QED) is 0.787. The summed E-state index contributed by atoms with van der Waals surface area (Å²) in [6.45, 7) is 1.97. The maximum Gasteiger partial charge on any atom is 0.203 e. The van der Waals surface area contributed by atoms with E-state index in [1.807, 2.05) is 13.0 Å². The summed E-state index contributed by atoms with van der Waals surface area (Å²) in [5.41, 5.74) is 0.560. The van der Waals surface area contributed by atoms with Gasteiger partial charge < -0.3 is 9.47 Å². The van der Waals surface area contributed by atoms with Gasteiger partial charge in [0.1, 0.15) is 11.5 Å². The van der Waals surface area contributed by atoms with Crippen molar-refractivity contribution in [2.45, 2.75) is 6.92 Å². The molecule has 0 amide bonds. The van der Waals surface area contributed by atoms with Gasteiger partial charge >= 0.3 is 0 Å². The molecule has 1 aromatic carbocycles. The van der Waals surface area contributed by atoms with Crippen molar-refractivity contribution in [3.63, 3.8) is 0 Å². The molecule has 0 aliphatic heterocycles. The van der Waals surface area contributed by atoms with Crippen molar-refractivity contribution in [1.82, 2.24) is 0 Å². The Morgan fingerprint density at radius 1 is 1.11 bits per heavy atom. The molecule has 3 nitrogen and oxygen atoms in total. The average Bonchev–Trinajstić information content (AvgIpc) is 2.77. The summed E-state index contributed by atoms with van der Waals surface area (Å²) in [6, 6.07) is 7.02. The van der Waals surface area contributed by atoms with E-state index < -0.39 is 0 Å². The lowest BCUT2D eigenvalue weighted by atomic mass is 10.1. The molecule has 0 unspecified atom stereocenters. The van der Waals surface area contributed by atoms with Crippen molar-refractivity contribution in [2.24, 2.45) is 0 Å². The van der Waals surface area contributed by atoms with E-state index in [-0.39, 0.29) is 5.78 Å². The van der Waals surface area contributed by atoms with Gasteiger partial charge in [-0.25, -0.2) is 0 Å². The molecule has 0 saturated carbocycles. The molecule has 0 atom stereocenters. The second-order valence-electron chi connectivity index (χ2n) is 3.95. The number of hydrogen-bond acceptors (Lipinski definition) is 4. The van der Waals surface area contributed by atoms with Gasteiger partial charge in [0.25, 0.3) is 0 Å². The van der Waals surface area contributed by atoms with E-state index in [9.17, 15) is 4.79 Å². The Morgan fingerprint density at radius 2 is 1.68 bits per heavy atom. The molecule has 0 N–H and O–H groups in total. The fourth-order valence-corrected chi connectivity index (χ4v) is 3.15. The fraction of sp³-hybridized carbons (Fsp3) is 0.214. The number of hydrogen-bond donors (Lipinski definition) is 0. The van der Waals surface area contributed by atoms with Crippen LogP contribution in [0.25, 0.3) is 0 Å². The molecule has 0 bridgehead atoms. The summed E-state index contributed by atoms with van der Waals surface area (Å²) >= 11 is 4.89. The minimum Gasteiger partial charge on any atom is -0.497 e. The van der Waals surface area contributed by atoms with Crippen LogP contribution in [0.3, 0.4) is 0 Å². The van der Waals surface area contributed by atoms with Crippen molar-refractivity contribution in [1.29, 1.82) is 0 Å². The van der Waals surface area contributed by atoms with E-state index in [0.717, 1.165) is 9.35 Å². The Hall–Kier alpha value is -1.33. The molecule has 19 heavy (non-hydrogen) atoms. The van der Waals surface area contributed by atoms with E-state index in [1.165, 1.54) is 11.3 Å². The highest BCUT2D eigenvalue weighted by molar-refractivity contribution is 9.10. The van der Waals surface area contributed by atoms with Gasteiger partial charge in [0.2, 0.25) is 5.78 Å². The van der Waals surface area contributed by atoms with E-state index in [2.05, 4.69) is 15.9 Å². The maximum atomic E-state index is 12.4. The normalized spacial score (nSPS) is 10.3. The van der Waals surface area contributed by atoms with Gasteiger partial charge in [-0.05, 0) is 41.1 Å². The molecule has 0 spiro atoms. The Balaban J connectivity index is 2.43. The first kappa shape index (κ1) is 14.1. The van der Waals surface area contributed by atoms with Crippen LogP contribution in [-0.4, -0.2) is 20.0 Å². The summed E-state index contributed by atoms with van der Waals surface area (Å²) < 4.78 is 11.3. The van der Waals surface area contributed by atoms with Crippen LogP contribution in [0.2, 0.25) is 0 Å². The highest BCUT2D eigenvalue weighted by Crippen LogP contribution is 2.30. The number of halogens is 1. The number of ketones is 1. The number of thiophene rings is 1. The van der Waals surface area contributed by atoms with Crippen molar-refractivity contribution >= 4 is 33.0 Å². The smallest absolute Gasteiger partial charge is 0.203 e. The van der Waals surface area contributed by atoms with Gasteiger partial charge in [0.15, 0.2) is 0 Å². The largest absolute Gasteiger partial charge is 0.497 e. The van der Waals surface area contributed by atoms with Gasteiger partial charge in [0, 0.05) is 21.0 Å². The minimum absolute atomic E-state index is 0.0315. The highest BCUT2D eigenvalue weighted by Gasteiger charge is 2.15. The summed E-state index contributed by atoms with van der Waals surface area (Å²) in [7, 11) is 3.13. The van der Waals surface area contributed by atoms with E-state index >= 15 is 0 Å². The standard InChI is InChI=1S/C14H13BrO3S/c1-8-12(15)7-13(19-8)14(16)9-4-10(17-2)6-11(5-9)18-3/h4-7H,1-3H3. The number of aryl methyl sites for hydroxylation is 1. The van der Waals surface area contributed by atoms with Gasteiger partial charge in [0.05, 0.1) is 19.1 Å². The number of methoxy groups -OCH3 is 2. The van der Waals surface area contributed by atoms with Gasteiger partial charge in [-0.3, -0.25) is 4.79 Å². The van der Waals surface area contributed by atoms with Crippen LogP contribution in [0.1, 0.15) is 20.1 Å². The van der Waals surface area contributed by atoms with Crippen molar-refractivity contribution in [3.8, 4) is 11.5 Å². The third kappa shape index (κ3) is 2.98. The molecule has 0 radical (unpaired) electrons. The number of ether oxygens (including phenoxy) is 2. The third-order valence-electron chi connectivity index (χ3n) is 2.69. The second-order valence-corrected chi connectivity index (χ2v) is 6.06. The topological polar surface area (TPSA) is 35.5 Å². The predicted octanol–water partition coefficient (Wildman–Crippen LogP) is 4.07. The van der Waals surface area contributed by atoms with E-state index in [1.54, 1.807) is 32.4 Å². The molecule has 0 aliphatic rings. The Bertz CT molecular complexity index is 577. The molecule has 0 aliphatic carbocycles. The second kappa shape index (κ2) is 5.75. The van der Waals surface area contributed by atoms with Crippen LogP contribution in [-0.2, 0) is 0 Å². The zero-order chi connectivity index (χ0) is 14.0. The van der Waals surface area contributed by atoms with Crippen LogP contribution >= 0.6 is 27.3 Å². The number of carbonyl (C=O) groups is 1. The summed E-state index contributed by atoms with van der Waals surface area (Å²) in [4.78, 5) is 14.2. The molecule has 1 aromatic heterocycles. The first-order valence-electron chi connectivity index (χ1n) is 5.59. The number of benzene rings is 1. The monoisotopic (exact) mass is 340 g/mol. The van der Waals surface area contributed by atoms with Crippen molar-refractivity contribution in [2.75, 3.05) is 14.2 Å². The molecule has 1 heterocycles. The lowest BCUT2D eigenvalue weighted by Crippen LogP contribution is -2.00. The van der Waals surface area contributed by atoms with Crippen LogP contribution in [0.15, 0.2) is 28.7 Å². The Labute approximate surface area is 124 Å². The molecule has 5 heteroatoms. The van der Waals surface area contributed by atoms with Crippen LogP contribution in [0.5, 0.6) is 11.5 Å². The Morgan fingerprint density at radius 3 is 2.11 bits per heavy atom. The van der Waals surface area contributed by atoms with E-state index in [0.29, 0.717) is 21.9 Å². The molecular weight excluding hydrogens is 328 g/mol. The van der Waals surface area contributed by atoms with Crippen molar-refractivity contribution in [3.05, 3.63) is 44.1 Å². The number of rotatable bonds is 4. The lowest BCUT2D eigenvalue weighted by Gasteiger charge is -2.07. The molecule has 2 aromatic rings. The van der Waals surface area contributed by atoms with Gasteiger partial charge in [-0.1, -0.05) is 0 Å². The van der Waals surface area contributed by atoms with Crippen LogP contribution < -0.4 is 9.47 Å². The fourth-order valence-electron chi connectivity index (χ4n) is 1.65. The highest BCUT2D eigenvalue weighted by atomic mass is 79.9. The first-order valence-corrected chi connectivity index (χ1v) is 7.19.